The second-order valence-electron chi connectivity index (χ2n) is 5.75. The Labute approximate surface area is 163 Å². The number of aliphatic imine (C=N–C) groups is 1. The molecular weight excluding hydrogens is 384 g/mol. The molecule has 3 aromatic rings. The highest BCUT2D eigenvalue weighted by atomic mass is 32.1. The van der Waals surface area contributed by atoms with E-state index in [0.717, 1.165) is 5.56 Å². The maximum atomic E-state index is 12.2. The molecule has 136 valence electrons. The summed E-state index contributed by atoms with van der Waals surface area (Å²) in [7, 11) is 1.31. The summed E-state index contributed by atoms with van der Waals surface area (Å²) in [5.74, 6) is 0.166. The van der Waals surface area contributed by atoms with Crippen molar-refractivity contribution in [3.63, 3.8) is 0 Å². The zero-order valence-corrected chi connectivity index (χ0v) is 15.8. The van der Waals surface area contributed by atoms with E-state index in [1.807, 2.05) is 30.3 Å². The van der Waals surface area contributed by atoms with E-state index in [1.54, 1.807) is 23.0 Å². The number of hydrogen-bond acceptors (Lipinski definition) is 7. The topological polar surface area (TPSA) is 77.0 Å². The molecular formula is C19H14N2O4S2. The van der Waals surface area contributed by atoms with Crippen LogP contribution >= 0.6 is 23.6 Å². The molecule has 6 nitrogen and oxygen atoms in total. The van der Waals surface area contributed by atoms with Gasteiger partial charge in [-0.3, -0.25) is 4.57 Å². The first-order chi connectivity index (χ1) is 13.1. The molecule has 0 atom stereocenters. The Morgan fingerprint density at radius 3 is 2.93 bits per heavy atom. The van der Waals surface area contributed by atoms with Crippen LogP contribution in [-0.4, -0.2) is 28.5 Å². The molecule has 8 heteroatoms. The predicted molar refractivity (Wildman–Crippen MR) is 106 cm³/mol. The zero-order chi connectivity index (χ0) is 19.0. The quantitative estimate of drug-likeness (QED) is 0.520. The Balaban J connectivity index is 1.80. The number of para-hydroxylation sites is 1. The summed E-state index contributed by atoms with van der Waals surface area (Å²) in [5, 5.41) is 10.7. The Morgan fingerprint density at radius 1 is 1.37 bits per heavy atom. The molecule has 0 saturated carbocycles. The van der Waals surface area contributed by atoms with Gasteiger partial charge in [0, 0.05) is 11.1 Å². The van der Waals surface area contributed by atoms with E-state index in [1.165, 1.54) is 18.4 Å². The Kier molecular flexibility index (Phi) is 4.51. The first-order valence-corrected chi connectivity index (χ1v) is 9.24. The highest BCUT2D eigenvalue weighted by molar-refractivity contribution is 7.73. The van der Waals surface area contributed by atoms with Gasteiger partial charge in [-0.2, -0.15) is 0 Å². The van der Waals surface area contributed by atoms with Crippen molar-refractivity contribution in [2.24, 2.45) is 4.99 Å². The third-order valence-electron chi connectivity index (χ3n) is 4.12. The molecule has 0 amide bonds. The summed E-state index contributed by atoms with van der Waals surface area (Å²) in [6.45, 7) is 0.325. The van der Waals surface area contributed by atoms with Gasteiger partial charge < -0.3 is 14.3 Å². The van der Waals surface area contributed by atoms with E-state index < -0.39 is 5.97 Å². The lowest BCUT2D eigenvalue weighted by Crippen LogP contribution is -2.14. The fraction of sp³-hybridized carbons (Fsp3) is 0.105. The summed E-state index contributed by atoms with van der Waals surface area (Å²) < 4.78 is 12.3. The van der Waals surface area contributed by atoms with Crippen LogP contribution in [0.3, 0.4) is 0 Å². The van der Waals surface area contributed by atoms with E-state index in [4.69, 9.17) is 21.4 Å². The van der Waals surface area contributed by atoms with E-state index in [0.29, 0.717) is 32.4 Å². The number of thiazole rings is 1. The minimum absolute atomic E-state index is 0.0162. The number of aromatic nitrogens is 1. The number of furan rings is 1. The van der Waals surface area contributed by atoms with Crippen molar-refractivity contribution in [1.82, 2.24) is 4.57 Å². The average molecular weight is 398 g/mol. The van der Waals surface area contributed by atoms with Gasteiger partial charge in [-0.1, -0.05) is 18.2 Å². The van der Waals surface area contributed by atoms with Gasteiger partial charge in [-0.25, -0.2) is 9.79 Å². The van der Waals surface area contributed by atoms with Gasteiger partial charge in [-0.05, 0) is 36.5 Å². The van der Waals surface area contributed by atoms with Crippen molar-refractivity contribution in [3.8, 4) is 5.88 Å². The summed E-state index contributed by atoms with van der Waals surface area (Å²) in [5.41, 5.74) is 2.28. The van der Waals surface area contributed by atoms with Crippen LogP contribution in [0.25, 0.3) is 11.6 Å². The molecule has 0 aliphatic carbocycles. The van der Waals surface area contributed by atoms with Gasteiger partial charge in [0.1, 0.15) is 5.76 Å². The van der Waals surface area contributed by atoms with E-state index >= 15 is 0 Å². The van der Waals surface area contributed by atoms with Gasteiger partial charge >= 0.3 is 5.97 Å². The molecule has 1 aliphatic heterocycles. The maximum Gasteiger partial charge on any atom is 0.357 e. The first-order valence-electron chi connectivity index (χ1n) is 8.02. The van der Waals surface area contributed by atoms with Crippen molar-refractivity contribution >= 4 is 52.6 Å². The van der Waals surface area contributed by atoms with Crippen LogP contribution in [0.2, 0.25) is 0 Å². The third kappa shape index (κ3) is 3.13. The molecule has 1 N–H and O–H groups in total. The zero-order valence-electron chi connectivity index (χ0n) is 14.2. The molecule has 1 aliphatic rings. The van der Waals surface area contributed by atoms with E-state index in [-0.39, 0.29) is 11.6 Å². The van der Waals surface area contributed by atoms with Gasteiger partial charge in [0.2, 0.25) is 5.88 Å². The molecule has 0 unspecified atom stereocenters. The van der Waals surface area contributed by atoms with E-state index in [9.17, 15) is 9.90 Å². The fourth-order valence-electron chi connectivity index (χ4n) is 2.84. The second-order valence-corrected chi connectivity index (χ2v) is 7.42. The molecule has 3 heterocycles. The number of ether oxygens (including phenoxy) is 1. The number of rotatable bonds is 4. The van der Waals surface area contributed by atoms with Crippen molar-refractivity contribution in [2.45, 2.75) is 6.54 Å². The van der Waals surface area contributed by atoms with Crippen LogP contribution in [-0.2, 0) is 16.1 Å². The SMILES string of the molecule is COC(=O)C1=Nc2ccccc2C1=Cc1sc(=S)n(Cc2ccco2)c1O. The number of fused-ring (bicyclic) bond motifs is 1. The Hall–Kier alpha value is -2.97. The van der Waals surface area contributed by atoms with Gasteiger partial charge in [-0.15, -0.1) is 11.3 Å². The minimum Gasteiger partial charge on any atom is -0.493 e. The van der Waals surface area contributed by atoms with Crippen LogP contribution in [0.1, 0.15) is 16.2 Å². The van der Waals surface area contributed by atoms with Gasteiger partial charge in [0.05, 0.1) is 30.5 Å². The smallest absolute Gasteiger partial charge is 0.357 e. The van der Waals surface area contributed by atoms with Gasteiger partial charge in [0.25, 0.3) is 0 Å². The van der Waals surface area contributed by atoms with Crippen LogP contribution < -0.4 is 0 Å². The number of hydrogen-bond donors (Lipinski definition) is 1. The molecule has 27 heavy (non-hydrogen) atoms. The summed E-state index contributed by atoms with van der Waals surface area (Å²) >= 11 is 6.63. The maximum absolute atomic E-state index is 12.2. The number of aromatic hydroxyl groups is 1. The molecule has 0 fully saturated rings. The summed E-state index contributed by atoms with van der Waals surface area (Å²) in [4.78, 5) is 17.1. The molecule has 4 rings (SSSR count). The lowest BCUT2D eigenvalue weighted by molar-refractivity contribution is -0.132. The molecule has 0 bridgehead atoms. The second kappa shape index (κ2) is 6.98. The van der Waals surface area contributed by atoms with Crippen LogP contribution in [0, 0.1) is 3.95 Å². The Bertz CT molecular complexity index is 1140. The number of benzene rings is 1. The molecule has 1 aromatic carbocycles. The number of carbonyl (C=O) groups excluding carboxylic acids is 1. The van der Waals surface area contributed by atoms with Crippen molar-refractivity contribution in [3.05, 3.63) is 62.8 Å². The van der Waals surface area contributed by atoms with E-state index in [2.05, 4.69) is 4.99 Å². The number of carbonyl (C=O) groups is 1. The highest BCUT2D eigenvalue weighted by Gasteiger charge is 2.27. The normalized spacial score (nSPS) is 14.3. The number of esters is 1. The highest BCUT2D eigenvalue weighted by Crippen LogP contribution is 2.38. The minimum atomic E-state index is -0.532. The molecule has 0 radical (unpaired) electrons. The predicted octanol–water partition coefficient (Wildman–Crippen LogP) is 4.43. The summed E-state index contributed by atoms with van der Waals surface area (Å²) in [6.07, 6.45) is 3.29. The van der Waals surface area contributed by atoms with Crippen molar-refractivity contribution in [1.29, 1.82) is 0 Å². The molecule has 0 spiro atoms. The third-order valence-corrected chi connectivity index (χ3v) is 5.51. The van der Waals surface area contributed by atoms with Crippen LogP contribution in [0.4, 0.5) is 5.69 Å². The van der Waals surface area contributed by atoms with Crippen molar-refractivity contribution in [2.75, 3.05) is 7.11 Å². The average Bonchev–Trinajstić information content (AvgIpc) is 3.37. The largest absolute Gasteiger partial charge is 0.493 e. The van der Waals surface area contributed by atoms with Crippen molar-refractivity contribution < 1.29 is 19.1 Å². The van der Waals surface area contributed by atoms with Gasteiger partial charge in [0.15, 0.2) is 9.67 Å². The lowest BCUT2D eigenvalue weighted by Gasteiger charge is -2.04. The van der Waals surface area contributed by atoms with Crippen LogP contribution in [0.15, 0.2) is 52.1 Å². The first kappa shape index (κ1) is 17.4. The lowest BCUT2D eigenvalue weighted by atomic mass is 10.0. The fourth-order valence-corrected chi connectivity index (χ4v) is 4.09. The Morgan fingerprint density at radius 2 is 2.19 bits per heavy atom. The molecule has 2 aromatic heterocycles. The standard InChI is InChI=1S/C19H14N2O4S2/c1-24-18(23)16-13(12-6-2-3-7-14(12)20-16)9-15-17(22)21(19(26)27-15)10-11-5-4-8-25-11/h2-9,22H,10H2,1H3. The summed E-state index contributed by atoms with van der Waals surface area (Å²) in [6, 6.07) is 11.0. The molecule has 0 saturated heterocycles. The number of methoxy groups -OCH3 is 1. The number of nitrogens with zero attached hydrogens (tertiary/aromatic N) is 2. The van der Waals surface area contributed by atoms with Crippen LogP contribution in [0.5, 0.6) is 5.88 Å². The monoisotopic (exact) mass is 398 g/mol.